The first kappa shape index (κ1) is 26.1. The predicted octanol–water partition coefficient (Wildman–Crippen LogP) is 2.42. The lowest BCUT2D eigenvalue weighted by molar-refractivity contribution is -0.144. The number of hydrogen-bond donors (Lipinski definition) is 3. The molecule has 194 valence electrons. The number of nitrogens with one attached hydrogen (secondary N) is 1. The second-order valence-electron chi connectivity index (χ2n) is 8.62. The van der Waals surface area contributed by atoms with Crippen molar-refractivity contribution in [3.63, 3.8) is 0 Å². The number of benzene rings is 1. The van der Waals surface area contributed by atoms with E-state index in [4.69, 9.17) is 24.3 Å². The maximum Gasteiger partial charge on any atom is 0.459 e. The highest BCUT2D eigenvalue weighted by Gasteiger charge is 2.47. The molecule has 1 aliphatic heterocycles. The van der Waals surface area contributed by atoms with Gasteiger partial charge in [-0.2, -0.15) is 10.2 Å². The molecule has 4 N–H and O–H groups in total. The van der Waals surface area contributed by atoms with Gasteiger partial charge in [-0.3, -0.25) is 9.32 Å². The van der Waals surface area contributed by atoms with Gasteiger partial charge in [-0.15, -0.1) is 0 Å². The van der Waals surface area contributed by atoms with E-state index in [0.29, 0.717) is 17.0 Å². The van der Waals surface area contributed by atoms with Crippen molar-refractivity contribution in [1.82, 2.24) is 19.7 Å². The minimum atomic E-state index is -4.09. The summed E-state index contributed by atoms with van der Waals surface area (Å²) < 4.78 is 37.7. The van der Waals surface area contributed by atoms with E-state index in [0.717, 1.165) is 0 Å². The fraction of sp³-hybridized carbons (Fsp3) is 0.435. The lowest BCUT2D eigenvalue weighted by atomic mass is 9.97. The number of para-hydroxylation sites is 1. The molecule has 2 aromatic heterocycles. The normalized spacial score (nSPS) is 24.3. The van der Waals surface area contributed by atoms with Crippen LogP contribution in [0.1, 0.15) is 32.9 Å². The molecule has 13 heteroatoms. The van der Waals surface area contributed by atoms with E-state index in [1.807, 2.05) is 13.0 Å². The number of esters is 1. The van der Waals surface area contributed by atoms with Gasteiger partial charge >= 0.3 is 13.7 Å². The molecule has 1 aromatic carbocycles. The molecule has 0 aliphatic carbocycles. The van der Waals surface area contributed by atoms with E-state index in [-0.39, 0.29) is 25.4 Å². The van der Waals surface area contributed by atoms with Gasteiger partial charge in [0.1, 0.15) is 35.3 Å². The third kappa shape index (κ3) is 5.53. The number of carbonyl (C=O) groups excluding carboxylic acids is 1. The van der Waals surface area contributed by atoms with E-state index in [1.165, 1.54) is 13.3 Å². The summed E-state index contributed by atoms with van der Waals surface area (Å²) in [5, 5.41) is 17.6. The molecular weight excluding hydrogens is 489 g/mol. The van der Waals surface area contributed by atoms with Gasteiger partial charge in [0.05, 0.1) is 25.0 Å². The summed E-state index contributed by atoms with van der Waals surface area (Å²) in [7, 11) is -4.09. The van der Waals surface area contributed by atoms with Crippen molar-refractivity contribution >= 4 is 25.1 Å². The molecule has 1 aliphatic rings. The number of nitrogen functional groups attached to an aromatic ring is 1. The molecule has 3 heterocycles. The largest absolute Gasteiger partial charge is 0.465 e. The third-order valence-corrected chi connectivity index (χ3v) is 7.48. The zero-order valence-electron chi connectivity index (χ0n) is 20.2. The fourth-order valence-corrected chi connectivity index (χ4v) is 5.60. The minimum absolute atomic E-state index is 0.168. The lowest BCUT2D eigenvalue weighted by Crippen LogP contribution is -2.36. The number of aliphatic hydroxyl groups excluding tert-OH is 1. The zero-order valence-corrected chi connectivity index (χ0v) is 21.1. The van der Waals surface area contributed by atoms with Crippen LogP contribution in [0.2, 0.25) is 0 Å². The van der Waals surface area contributed by atoms with Gasteiger partial charge in [0, 0.05) is 6.42 Å². The molecule has 1 unspecified atom stereocenters. The highest BCUT2D eigenvalue weighted by Crippen LogP contribution is 2.47. The first-order valence-corrected chi connectivity index (χ1v) is 13.1. The molecule has 4 rings (SSSR count). The molecule has 0 bridgehead atoms. The van der Waals surface area contributed by atoms with Crippen molar-refractivity contribution in [2.45, 2.75) is 51.0 Å². The molecular formula is C23H30N5O7P. The molecule has 0 radical (unpaired) electrons. The standard InChI is InChI=1S/C23H30N5O7P/c1-4-32-22(30)15(2)27-36(31,35-16-8-6-5-7-9-16)33-13-19-18(29)12-23(3,34-19)20-11-10-17-21(24)25-14-26-28(17)20/h5-11,14-15,18-19,29H,4,12-13H2,1-3H3,(H,27,31)(H2,24,25,26)/t15-,18+,19-,23-,36?/m1/s1. The van der Waals surface area contributed by atoms with Crippen LogP contribution in [0.15, 0.2) is 48.8 Å². The molecule has 36 heavy (non-hydrogen) atoms. The summed E-state index contributed by atoms with van der Waals surface area (Å²) in [6.07, 6.45) is -0.207. The zero-order chi connectivity index (χ0) is 25.9. The van der Waals surface area contributed by atoms with Crippen molar-refractivity contribution in [2.24, 2.45) is 0 Å². The molecule has 0 spiro atoms. The van der Waals surface area contributed by atoms with Crippen LogP contribution in [-0.2, 0) is 29.0 Å². The molecule has 12 nitrogen and oxygen atoms in total. The van der Waals surface area contributed by atoms with Crippen LogP contribution in [0.25, 0.3) is 5.52 Å². The van der Waals surface area contributed by atoms with Crippen LogP contribution in [0.5, 0.6) is 5.75 Å². The van der Waals surface area contributed by atoms with Crippen LogP contribution < -0.4 is 15.3 Å². The first-order valence-electron chi connectivity index (χ1n) is 11.5. The summed E-state index contributed by atoms with van der Waals surface area (Å²) in [6, 6.07) is 11.0. The second kappa shape index (κ2) is 10.5. The Balaban J connectivity index is 1.51. The highest BCUT2D eigenvalue weighted by molar-refractivity contribution is 7.52. The van der Waals surface area contributed by atoms with Crippen molar-refractivity contribution in [3.8, 4) is 5.75 Å². The maximum atomic E-state index is 13.6. The molecule has 1 fully saturated rings. The lowest BCUT2D eigenvalue weighted by Gasteiger charge is -2.26. The van der Waals surface area contributed by atoms with E-state index in [1.54, 1.807) is 47.8 Å². The number of ether oxygens (including phenoxy) is 2. The molecule has 1 saturated heterocycles. The number of aliphatic hydroxyl groups is 1. The Hall–Kier alpha value is -3.02. The van der Waals surface area contributed by atoms with Gasteiger partial charge in [0.25, 0.3) is 0 Å². The van der Waals surface area contributed by atoms with E-state index < -0.39 is 37.6 Å². The van der Waals surface area contributed by atoms with Gasteiger partial charge in [-0.1, -0.05) is 18.2 Å². The molecule has 3 aromatic rings. The van der Waals surface area contributed by atoms with Crippen LogP contribution >= 0.6 is 7.75 Å². The van der Waals surface area contributed by atoms with Gasteiger partial charge in [-0.05, 0) is 45.0 Å². The van der Waals surface area contributed by atoms with Gasteiger partial charge in [0.2, 0.25) is 0 Å². The summed E-state index contributed by atoms with van der Waals surface area (Å²) in [4.78, 5) is 16.1. The molecule has 0 amide bonds. The van der Waals surface area contributed by atoms with Gasteiger partial charge in [-0.25, -0.2) is 14.1 Å². The van der Waals surface area contributed by atoms with Crippen molar-refractivity contribution < 1.29 is 33.0 Å². The van der Waals surface area contributed by atoms with Crippen LogP contribution in [0.4, 0.5) is 5.82 Å². The monoisotopic (exact) mass is 519 g/mol. The molecule has 0 saturated carbocycles. The summed E-state index contributed by atoms with van der Waals surface area (Å²) in [5.74, 6) is -0.0118. The number of hydrogen-bond acceptors (Lipinski definition) is 10. The SMILES string of the molecule is CCOC(=O)[C@@H](C)NP(=O)(OC[C@H]1O[C@@](C)(c2ccc3c(N)ncnn23)C[C@@H]1O)Oc1ccccc1. The number of nitrogens with zero attached hydrogens (tertiary/aromatic N) is 3. The smallest absolute Gasteiger partial charge is 0.459 e. The Morgan fingerprint density at radius 1 is 1.36 bits per heavy atom. The Morgan fingerprint density at radius 2 is 2.11 bits per heavy atom. The van der Waals surface area contributed by atoms with Gasteiger partial charge in [0.15, 0.2) is 5.82 Å². The van der Waals surface area contributed by atoms with Crippen molar-refractivity contribution in [3.05, 3.63) is 54.5 Å². The number of fused-ring (bicyclic) bond motifs is 1. The molecule has 5 atom stereocenters. The Kier molecular flexibility index (Phi) is 7.62. The predicted molar refractivity (Wildman–Crippen MR) is 130 cm³/mol. The van der Waals surface area contributed by atoms with Gasteiger partial charge < -0.3 is 24.8 Å². The average molecular weight is 519 g/mol. The Bertz CT molecular complexity index is 1260. The number of carbonyl (C=O) groups is 1. The Morgan fingerprint density at radius 3 is 2.83 bits per heavy atom. The van der Waals surface area contributed by atoms with E-state index in [9.17, 15) is 14.5 Å². The minimum Gasteiger partial charge on any atom is -0.465 e. The number of rotatable bonds is 10. The summed E-state index contributed by atoms with van der Waals surface area (Å²) >= 11 is 0. The van der Waals surface area contributed by atoms with Crippen LogP contribution in [0, 0.1) is 0 Å². The topological polar surface area (TPSA) is 160 Å². The summed E-state index contributed by atoms with van der Waals surface area (Å²) in [6.45, 7) is 4.87. The van der Waals surface area contributed by atoms with Crippen LogP contribution in [0.3, 0.4) is 0 Å². The highest BCUT2D eigenvalue weighted by atomic mass is 31.2. The second-order valence-corrected chi connectivity index (χ2v) is 10.3. The van der Waals surface area contributed by atoms with Crippen LogP contribution in [-0.4, -0.2) is 57.1 Å². The first-order chi connectivity index (χ1) is 17.1. The fourth-order valence-electron chi connectivity index (χ4n) is 4.09. The number of aromatic nitrogens is 3. The van der Waals surface area contributed by atoms with Crippen molar-refractivity contribution in [1.29, 1.82) is 0 Å². The van der Waals surface area contributed by atoms with E-state index >= 15 is 0 Å². The van der Waals surface area contributed by atoms with Crippen molar-refractivity contribution in [2.75, 3.05) is 18.9 Å². The average Bonchev–Trinajstić information content (AvgIpc) is 3.41. The number of nitrogens with two attached hydrogens (primary N) is 1. The maximum absolute atomic E-state index is 13.6. The van der Waals surface area contributed by atoms with E-state index in [2.05, 4.69) is 15.2 Å². The third-order valence-electron chi connectivity index (χ3n) is 5.83. The Labute approximate surface area is 208 Å². The quantitative estimate of drug-likeness (QED) is 0.267. The summed E-state index contributed by atoms with van der Waals surface area (Å²) in [5.41, 5.74) is 6.29. The number of anilines is 1.